The number of aliphatic hydroxyl groups is 1. The summed E-state index contributed by atoms with van der Waals surface area (Å²) in [5, 5.41) is 10.0. The van der Waals surface area contributed by atoms with Crippen molar-refractivity contribution < 1.29 is 9.50 Å². The Kier molecular flexibility index (Phi) is 12.3. The van der Waals surface area contributed by atoms with Crippen LogP contribution in [0.4, 0.5) is 4.39 Å². The maximum absolute atomic E-state index is 14.4. The van der Waals surface area contributed by atoms with Gasteiger partial charge in [0.25, 0.3) is 0 Å². The number of rotatable bonds is 14. The quantitative estimate of drug-likeness (QED) is 0.212. The van der Waals surface area contributed by atoms with Crippen molar-refractivity contribution in [3.63, 3.8) is 0 Å². The molecule has 0 bridgehead atoms. The molecule has 0 saturated heterocycles. The number of aliphatic hydroxyl groups excluding tert-OH is 1. The predicted octanol–water partition coefficient (Wildman–Crippen LogP) is 7.84. The van der Waals surface area contributed by atoms with Gasteiger partial charge in [0, 0.05) is 0 Å². The third kappa shape index (κ3) is 8.51. The van der Waals surface area contributed by atoms with Crippen molar-refractivity contribution in [2.24, 2.45) is 0 Å². The molecule has 0 fully saturated rings. The molecule has 0 radical (unpaired) electrons. The molecular weight excluding hydrogens is 442 g/mol. The molecule has 0 aliphatic heterocycles. The van der Waals surface area contributed by atoms with E-state index in [9.17, 15) is 9.50 Å². The number of unbranched alkanes of at least 4 members (excludes halogenated alkanes) is 3. The molecule has 1 atom stereocenters. The van der Waals surface area contributed by atoms with Gasteiger partial charge < -0.3 is 0 Å². The van der Waals surface area contributed by atoms with Crippen molar-refractivity contribution in [3.05, 3.63) is 51.9 Å². The molecule has 1 nitrogen and oxygen atoms in total. The summed E-state index contributed by atoms with van der Waals surface area (Å²) in [5.74, 6) is -0.317. The van der Waals surface area contributed by atoms with Crippen molar-refractivity contribution in [2.75, 3.05) is 0 Å². The van der Waals surface area contributed by atoms with Crippen LogP contribution in [0.1, 0.15) is 82.9 Å². The van der Waals surface area contributed by atoms with Gasteiger partial charge in [0.05, 0.1) is 0 Å². The van der Waals surface area contributed by atoms with Gasteiger partial charge in [-0.15, -0.1) is 0 Å². The summed E-state index contributed by atoms with van der Waals surface area (Å²) < 4.78 is 21.3. The second kappa shape index (κ2) is 13.5. The molecular formula is C24H39FOSn. The molecule has 1 aromatic rings. The molecule has 0 amide bonds. The van der Waals surface area contributed by atoms with Crippen LogP contribution < -0.4 is 0 Å². The fourth-order valence-corrected chi connectivity index (χ4v) is 17.9. The van der Waals surface area contributed by atoms with Crippen LogP contribution in [0.3, 0.4) is 0 Å². The van der Waals surface area contributed by atoms with Gasteiger partial charge in [0.1, 0.15) is 0 Å². The van der Waals surface area contributed by atoms with E-state index in [0.29, 0.717) is 12.0 Å². The van der Waals surface area contributed by atoms with Crippen LogP contribution in [-0.4, -0.2) is 23.5 Å². The number of hydrogen-bond donors (Lipinski definition) is 1. The molecule has 0 spiro atoms. The first-order chi connectivity index (χ1) is 13.0. The Balaban J connectivity index is 3.05. The summed E-state index contributed by atoms with van der Waals surface area (Å²) in [5.41, 5.74) is 1.29. The first kappa shape index (κ1) is 24.4. The summed E-state index contributed by atoms with van der Waals surface area (Å²) >= 11 is -2.34. The summed E-state index contributed by atoms with van der Waals surface area (Å²) in [7, 11) is 0. The van der Waals surface area contributed by atoms with Crippen LogP contribution in [0.2, 0.25) is 13.3 Å². The average Bonchev–Trinajstić information content (AvgIpc) is 2.67. The summed E-state index contributed by atoms with van der Waals surface area (Å²) in [6, 6.07) is 5.25. The predicted molar refractivity (Wildman–Crippen MR) is 120 cm³/mol. The van der Waals surface area contributed by atoms with Crippen LogP contribution >= 0.6 is 0 Å². The second-order valence-corrected chi connectivity index (χ2v) is 20.8. The van der Waals surface area contributed by atoms with E-state index < -0.39 is 24.5 Å². The Bertz CT molecular complexity index is 560. The summed E-state index contributed by atoms with van der Waals surface area (Å²) in [4.78, 5) is 0. The van der Waals surface area contributed by atoms with Gasteiger partial charge in [-0.2, -0.15) is 0 Å². The summed E-state index contributed by atoms with van der Waals surface area (Å²) in [6.07, 6.45) is 11.1. The first-order valence-corrected chi connectivity index (χ1v) is 18.5. The number of hydrogen-bond acceptors (Lipinski definition) is 1. The van der Waals surface area contributed by atoms with E-state index in [1.54, 1.807) is 18.2 Å². The molecule has 27 heavy (non-hydrogen) atoms. The SMILES string of the molecule is C=CCC(O)c1ccc(/C=[CH]\[Sn]([CH2]CCC)([CH2]CCC)[CH2]CCC)cc1F. The molecule has 1 N–H and O–H groups in total. The van der Waals surface area contributed by atoms with E-state index in [-0.39, 0.29) is 5.82 Å². The molecule has 1 aromatic carbocycles. The van der Waals surface area contributed by atoms with E-state index in [0.717, 1.165) is 5.56 Å². The molecule has 0 aliphatic rings. The van der Waals surface area contributed by atoms with Gasteiger partial charge in [-0.1, -0.05) is 0 Å². The second-order valence-electron chi connectivity index (χ2n) is 7.83. The topological polar surface area (TPSA) is 20.2 Å². The monoisotopic (exact) mass is 482 g/mol. The fourth-order valence-electron chi connectivity index (χ4n) is 3.69. The van der Waals surface area contributed by atoms with E-state index >= 15 is 0 Å². The zero-order valence-electron chi connectivity index (χ0n) is 17.6. The Labute approximate surface area is 170 Å². The van der Waals surface area contributed by atoms with Crippen LogP contribution in [0.15, 0.2) is 34.9 Å². The molecule has 3 heteroatoms. The number of benzene rings is 1. The van der Waals surface area contributed by atoms with Crippen molar-refractivity contribution in [1.29, 1.82) is 0 Å². The van der Waals surface area contributed by atoms with Crippen molar-refractivity contribution >= 4 is 24.5 Å². The van der Waals surface area contributed by atoms with Crippen molar-refractivity contribution in [3.8, 4) is 0 Å². The van der Waals surface area contributed by atoms with Gasteiger partial charge in [0.15, 0.2) is 0 Å². The maximum atomic E-state index is 14.4. The van der Waals surface area contributed by atoms with E-state index in [2.05, 4.69) is 37.5 Å². The molecule has 1 unspecified atom stereocenters. The molecule has 0 heterocycles. The van der Waals surface area contributed by atoms with Crippen LogP contribution in [0.5, 0.6) is 0 Å². The molecule has 1 rings (SSSR count). The van der Waals surface area contributed by atoms with E-state index in [4.69, 9.17) is 0 Å². The van der Waals surface area contributed by atoms with Crippen LogP contribution in [0, 0.1) is 5.82 Å². The van der Waals surface area contributed by atoms with Crippen molar-refractivity contribution in [2.45, 2.75) is 85.1 Å². The Morgan fingerprint density at radius 1 is 1.04 bits per heavy atom. The van der Waals surface area contributed by atoms with Crippen molar-refractivity contribution in [1.82, 2.24) is 0 Å². The Hall–Kier alpha value is -0.611. The Morgan fingerprint density at radius 3 is 2.04 bits per heavy atom. The van der Waals surface area contributed by atoms with E-state index in [1.807, 2.05) is 6.07 Å². The normalized spacial score (nSPS) is 13.2. The third-order valence-corrected chi connectivity index (χ3v) is 19.5. The average molecular weight is 481 g/mol. The van der Waals surface area contributed by atoms with Gasteiger partial charge in [-0.25, -0.2) is 0 Å². The minimum atomic E-state index is -2.34. The molecule has 0 aromatic heterocycles. The first-order valence-electron chi connectivity index (χ1n) is 10.8. The van der Waals surface area contributed by atoms with Gasteiger partial charge in [0.2, 0.25) is 0 Å². The number of halogens is 1. The minimum absolute atomic E-state index is 0.317. The zero-order valence-corrected chi connectivity index (χ0v) is 20.5. The van der Waals surface area contributed by atoms with Crippen LogP contribution in [-0.2, 0) is 0 Å². The molecule has 152 valence electrons. The third-order valence-electron chi connectivity index (χ3n) is 5.49. The van der Waals surface area contributed by atoms with Gasteiger partial charge in [-0.3, -0.25) is 0 Å². The standard InChI is InChI=1S/C12H12FO.3C4H9.Sn/c1-3-5-12(14)10-7-6-9(4-2)8-11(10)13;3*1-3-4-2;/h2-4,6-8,12,14H,1,5H2;3*1,3-4H2,2H3;. The summed E-state index contributed by atoms with van der Waals surface area (Å²) in [6.45, 7) is 10.5. The van der Waals surface area contributed by atoms with E-state index in [1.165, 1.54) is 51.8 Å². The van der Waals surface area contributed by atoms with Crippen LogP contribution in [0.25, 0.3) is 6.08 Å². The molecule has 0 saturated carbocycles. The zero-order chi connectivity index (χ0) is 20.1. The van der Waals surface area contributed by atoms with Gasteiger partial charge >= 0.3 is 171 Å². The fraction of sp³-hybridized carbons (Fsp3) is 0.583. The Morgan fingerprint density at radius 2 is 1.59 bits per heavy atom. The molecule has 0 aliphatic carbocycles. The van der Waals surface area contributed by atoms with Gasteiger partial charge in [-0.05, 0) is 0 Å².